The summed E-state index contributed by atoms with van der Waals surface area (Å²) in [6.07, 6.45) is 1.71. The fourth-order valence-electron chi connectivity index (χ4n) is 1.86. The molecule has 0 bridgehead atoms. The average molecular weight is 299 g/mol. The summed E-state index contributed by atoms with van der Waals surface area (Å²) < 4.78 is 1.59. The van der Waals surface area contributed by atoms with Gasteiger partial charge in [-0.25, -0.2) is 9.67 Å². The summed E-state index contributed by atoms with van der Waals surface area (Å²) in [6, 6.07) is 9.01. The van der Waals surface area contributed by atoms with Crippen LogP contribution in [-0.2, 0) is 6.54 Å². The molecule has 0 fully saturated rings. The van der Waals surface area contributed by atoms with Crippen LogP contribution >= 0.6 is 11.3 Å². The lowest BCUT2D eigenvalue weighted by molar-refractivity contribution is 0.0945. The molecule has 3 rings (SSSR count). The van der Waals surface area contributed by atoms with Crippen LogP contribution < -0.4 is 11.1 Å². The number of carbonyl (C=O) groups excluding carboxylic acids is 1. The third kappa shape index (κ3) is 2.92. The Morgan fingerprint density at radius 1 is 1.33 bits per heavy atom. The van der Waals surface area contributed by atoms with Crippen molar-refractivity contribution in [2.75, 3.05) is 5.73 Å². The number of nitrogen functional groups attached to an aromatic ring is 1. The monoisotopic (exact) mass is 299 g/mol. The van der Waals surface area contributed by atoms with Gasteiger partial charge in [-0.2, -0.15) is 5.10 Å². The Hall–Kier alpha value is -2.67. The van der Waals surface area contributed by atoms with Crippen molar-refractivity contribution < 1.29 is 4.79 Å². The maximum Gasteiger partial charge on any atom is 0.272 e. The number of nitrogens with zero attached hydrogens (tertiary/aromatic N) is 3. The number of para-hydroxylation sites is 2. The number of anilines is 1. The van der Waals surface area contributed by atoms with E-state index in [1.165, 1.54) is 11.3 Å². The second kappa shape index (κ2) is 5.76. The topological polar surface area (TPSA) is 85.8 Å². The Kier molecular flexibility index (Phi) is 3.65. The van der Waals surface area contributed by atoms with Gasteiger partial charge in [0.05, 0.1) is 29.1 Å². The van der Waals surface area contributed by atoms with Crippen molar-refractivity contribution in [3.05, 3.63) is 58.8 Å². The number of amides is 1. The molecule has 3 N–H and O–H groups in total. The van der Waals surface area contributed by atoms with Gasteiger partial charge in [-0.05, 0) is 18.2 Å². The first-order chi connectivity index (χ1) is 10.2. The maximum atomic E-state index is 12.0. The molecule has 0 saturated carbocycles. The molecule has 0 aliphatic rings. The normalized spacial score (nSPS) is 10.5. The van der Waals surface area contributed by atoms with Gasteiger partial charge in [0.2, 0.25) is 0 Å². The lowest BCUT2D eigenvalue weighted by Crippen LogP contribution is -2.23. The van der Waals surface area contributed by atoms with Gasteiger partial charge in [-0.15, -0.1) is 11.3 Å². The van der Waals surface area contributed by atoms with E-state index in [2.05, 4.69) is 15.4 Å². The van der Waals surface area contributed by atoms with Gasteiger partial charge >= 0.3 is 0 Å². The van der Waals surface area contributed by atoms with E-state index in [1.807, 2.05) is 23.6 Å². The Morgan fingerprint density at radius 2 is 2.19 bits per heavy atom. The Bertz CT molecular complexity index is 750. The third-order valence-corrected chi connectivity index (χ3v) is 3.55. The molecular weight excluding hydrogens is 286 g/mol. The highest BCUT2D eigenvalue weighted by molar-refractivity contribution is 7.07. The van der Waals surface area contributed by atoms with Crippen LogP contribution in [-0.4, -0.2) is 20.7 Å². The van der Waals surface area contributed by atoms with Crippen LogP contribution in [0, 0.1) is 0 Å². The fraction of sp³-hybridized carbons (Fsp3) is 0.0714. The molecule has 0 unspecified atom stereocenters. The second-order valence-electron chi connectivity index (χ2n) is 4.37. The summed E-state index contributed by atoms with van der Waals surface area (Å²) in [5.74, 6) is -0.240. The SMILES string of the molecule is Nc1ccccc1-n1ccc(C(=O)NCc2cscn2)n1. The number of thiazole rings is 1. The highest BCUT2D eigenvalue weighted by atomic mass is 32.1. The summed E-state index contributed by atoms with van der Waals surface area (Å²) >= 11 is 1.49. The van der Waals surface area contributed by atoms with Crippen molar-refractivity contribution in [3.8, 4) is 5.69 Å². The molecule has 0 spiro atoms. The first-order valence-corrected chi connectivity index (χ1v) is 7.24. The summed E-state index contributed by atoms with van der Waals surface area (Å²) in [5.41, 5.74) is 10.2. The lowest BCUT2D eigenvalue weighted by Gasteiger charge is -2.04. The van der Waals surface area contributed by atoms with E-state index >= 15 is 0 Å². The van der Waals surface area contributed by atoms with Crippen LogP contribution in [0.15, 0.2) is 47.4 Å². The molecule has 6 nitrogen and oxygen atoms in total. The first kappa shape index (κ1) is 13.3. The van der Waals surface area contributed by atoms with Gasteiger partial charge in [0.25, 0.3) is 5.91 Å². The van der Waals surface area contributed by atoms with E-state index in [4.69, 9.17) is 5.73 Å². The van der Waals surface area contributed by atoms with Crippen LogP contribution in [0.25, 0.3) is 5.69 Å². The molecule has 21 heavy (non-hydrogen) atoms. The molecule has 2 heterocycles. The van der Waals surface area contributed by atoms with Crippen molar-refractivity contribution in [2.45, 2.75) is 6.54 Å². The molecule has 1 aromatic carbocycles. The van der Waals surface area contributed by atoms with Crippen LogP contribution in [0.4, 0.5) is 5.69 Å². The maximum absolute atomic E-state index is 12.0. The van der Waals surface area contributed by atoms with E-state index in [1.54, 1.807) is 28.5 Å². The average Bonchev–Trinajstić information content (AvgIpc) is 3.17. The lowest BCUT2D eigenvalue weighted by atomic mass is 10.3. The zero-order valence-electron chi connectivity index (χ0n) is 11.1. The third-order valence-electron chi connectivity index (χ3n) is 2.92. The zero-order valence-corrected chi connectivity index (χ0v) is 11.9. The van der Waals surface area contributed by atoms with E-state index in [0.717, 1.165) is 11.4 Å². The molecule has 2 aromatic heterocycles. The molecular formula is C14H13N5OS. The molecule has 0 radical (unpaired) electrons. The van der Waals surface area contributed by atoms with Crippen LogP contribution in [0.5, 0.6) is 0 Å². The predicted octanol–water partition coefficient (Wildman–Crippen LogP) is 1.84. The number of rotatable bonds is 4. The molecule has 3 aromatic rings. The smallest absolute Gasteiger partial charge is 0.272 e. The van der Waals surface area contributed by atoms with Gasteiger partial charge in [0.1, 0.15) is 0 Å². The summed E-state index contributed by atoms with van der Waals surface area (Å²) in [4.78, 5) is 16.1. The molecule has 0 aliphatic heterocycles. The number of carbonyl (C=O) groups is 1. The van der Waals surface area contributed by atoms with Gasteiger partial charge < -0.3 is 11.1 Å². The van der Waals surface area contributed by atoms with Crippen LogP contribution in [0.1, 0.15) is 16.2 Å². The number of hydrogen-bond donors (Lipinski definition) is 2. The Balaban J connectivity index is 1.73. The highest BCUT2D eigenvalue weighted by Crippen LogP contribution is 2.15. The minimum Gasteiger partial charge on any atom is -0.397 e. The number of hydrogen-bond acceptors (Lipinski definition) is 5. The van der Waals surface area contributed by atoms with Crippen molar-refractivity contribution in [2.24, 2.45) is 0 Å². The Morgan fingerprint density at radius 3 is 2.95 bits per heavy atom. The van der Waals surface area contributed by atoms with Gasteiger partial charge in [-0.1, -0.05) is 12.1 Å². The van der Waals surface area contributed by atoms with Gasteiger partial charge in [0, 0.05) is 11.6 Å². The molecule has 0 aliphatic carbocycles. The number of aromatic nitrogens is 3. The predicted molar refractivity (Wildman–Crippen MR) is 81.3 cm³/mol. The molecule has 1 amide bonds. The van der Waals surface area contributed by atoms with E-state index < -0.39 is 0 Å². The summed E-state index contributed by atoms with van der Waals surface area (Å²) in [6.45, 7) is 0.392. The van der Waals surface area contributed by atoms with Crippen LogP contribution in [0.2, 0.25) is 0 Å². The van der Waals surface area contributed by atoms with E-state index in [9.17, 15) is 4.79 Å². The van der Waals surface area contributed by atoms with Gasteiger partial charge in [0.15, 0.2) is 5.69 Å². The number of nitrogens with one attached hydrogen (secondary N) is 1. The summed E-state index contributed by atoms with van der Waals surface area (Å²) in [5, 5.41) is 8.92. The first-order valence-electron chi connectivity index (χ1n) is 6.30. The van der Waals surface area contributed by atoms with Crippen molar-refractivity contribution in [3.63, 3.8) is 0 Å². The highest BCUT2D eigenvalue weighted by Gasteiger charge is 2.11. The Labute approximate surface area is 125 Å². The van der Waals surface area contributed by atoms with Crippen molar-refractivity contribution in [1.82, 2.24) is 20.1 Å². The zero-order chi connectivity index (χ0) is 14.7. The number of nitrogens with two attached hydrogens (primary N) is 1. The largest absolute Gasteiger partial charge is 0.397 e. The van der Waals surface area contributed by atoms with Crippen molar-refractivity contribution >= 4 is 22.9 Å². The fourth-order valence-corrected chi connectivity index (χ4v) is 2.42. The second-order valence-corrected chi connectivity index (χ2v) is 5.09. The van der Waals surface area contributed by atoms with Crippen LogP contribution in [0.3, 0.4) is 0 Å². The van der Waals surface area contributed by atoms with Gasteiger partial charge in [-0.3, -0.25) is 4.79 Å². The number of benzene rings is 1. The standard InChI is InChI=1S/C14H13N5OS/c15-11-3-1-2-4-13(11)19-6-5-12(18-19)14(20)16-7-10-8-21-9-17-10/h1-6,8-9H,7,15H2,(H,16,20). The molecule has 0 saturated heterocycles. The minimum atomic E-state index is -0.240. The van der Waals surface area contributed by atoms with Crippen molar-refractivity contribution in [1.29, 1.82) is 0 Å². The molecule has 7 heteroatoms. The minimum absolute atomic E-state index is 0.240. The molecule has 106 valence electrons. The van der Waals surface area contributed by atoms with E-state index in [-0.39, 0.29) is 5.91 Å². The quantitative estimate of drug-likeness (QED) is 0.720. The molecule has 0 atom stereocenters. The van der Waals surface area contributed by atoms with E-state index in [0.29, 0.717) is 17.9 Å². The summed E-state index contributed by atoms with van der Waals surface area (Å²) in [7, 11) is 0.